The van der Waals surface area contributed by atoms with Crippen molar-refractivity contribution in [3.63, 3.8) is 0 Å². The summed E-state index contributed by atoms with van der Waals surface area (Å²) in [4.78, 5) is 1.72. The molecule has 134 valence electrons. The summed E-state index contributed by atoms with van der Waals surface area (Å²) in [5.74, 6) is -0.667. The average Bonchev–Trinajstić information content (AvgIpc) is 2.89. The van der Waals surface area contributed by atoms with E-state index in [1.54, 1.807) is 4.99 Å². The van der Waals surface area contributed by atoms with E-state index in [1.165, 1.54) is 0 Å². The molecule has 24 heavy (non-hydrogen) atoms. The maximum Gasteiger partial charge on any atom is 0.164 e. The van der Waals surface area contributed by atoms with Crippen LogP contribution in [0.5, 0.6) is 0 Å². The van der Waals surface area contributed by atoms with Crippen LogP contribution in [0.15, 0.2) is 39.5 Å². The molecule has 0 bridgehead atoms. The minimum atomic E-state index is -0.667. The first-order valence-electron chi connectivity index (χ1n) is 8.05. The maximum absolute atomic E-state index is 6.18. The van der Waals surface area contributed by atoms with Crippen molar-refractivity contribution in [2.24, 2.45) is 0 Å². The van der Waals surface area contributed by atoms with Gasteiger partial charge in [-0.05, 0) is 30.8 Å². The molecule has 5 atom stereocenters. The van der Waals surface area contributed by atoms with Gasteiger partial charge < -0.3 is 14.2 Å². The fraction of sp³-hybridized carbons (Fsp3) is 0.611. The zero-order chi connectivity index (χ0) is 17.7. The van der Waals surface area contributed by atoms with Crippen LogP contribution in [0.2, 0.25) is 0 Å². The van der Waals surface area contributed by atoms with Gasteiger partial charge in [0.1, 0.15) is 0 Å². The summed E-state index contributed by atoms with van der Waals surface area (Å²) in [7, 11) is 0. The van der Waals surface area contributed by atoms with Crippen LogP contribution in [-0.4, -0.2) is 35.0 Å². The molecule has 0 amide bonds. The smallest absolute Gasteiger partial charge is 0.164 e. The molecule has 0 aromatic rings. The maximum atomic E-state index is 6.18. The van der Waals surface area contributed by atoms with Gasteiger partial charge >= 0.3 is 0 Å². The number of halogens is 3. The predicted molar refractivity (Wildman–Crippen MR) is 108 cm³/mol. The molecule has 6 heteroatoms. The Labute approximate surface area is 169 Å². The lowest BCUT2D eigenvalue weighted by Crippen LogP contribution is -2.36. The molecule has 0 unspecified atom stereocenters. The van der Waals surface area contributed by atoms with Crippen molar-refractivity contribution in [3.05, 3.63) is 39.5 Å². The second kappa shape index (κ2) is 9.31. The highest BCUT2D eigenvalue weighted by atomic mass is 79.9. The Morgan fingerprint density at radius 1 is 1.33 bits per heavy atom. The van der Waals surface area contributed by atoms with Crippen LogP contribution in [0, 0.1) is 0 Å². The normalized spacial score (nSPS) is 36.1. The molecule has 2 fully saturated rings. The molecule has 3 nitrogen and oxygen atoms in total. The van der Waals surface area contributed by atoms with Crippen molar-refractivity contribution in [1.82, 2.24) is 0 Å². The summed E-state index contributed by atoms with van der Waals surface area (Å²) in [5, 5.41) is 0. The Kier molecular flexibility index (Phi) is 8.00. The zero-order valence-electron chi connectivity index (χ0n) is 14.0. The molecule has 0 aromatic carbocycles. The highest BCUT2D eigenvalue weighted by Gasteiger charge is 2.48. The van der Waals surface area contributed by atoms with E-state index in [0.29, 0.717) is 0 Å². The quantitative estimate of drug-likeness (QED) is 0.266. The van der Waals surface area contributed by atoms with Gasteiger partial charge in [-0.1, -0.05) is 72.9 Å². The molecular weight excluding hydrogens is 504 g/mol. The van der Waals surface area contributed by atoms with E-state index in [9.17, 15) is 0 Å². The Morgan fingerprint density at radius 2 is 2.08 bits per heavy atom. The van der Waals surface area contributed by atoms with Crippen molar-refractivity contribution in [3.8, 4) is 0 Å². The van der Waals surface area contributed by atoms with Gasteiger partial charge in [0.25, 0.3) is 0 Å². The van der Waals surface area contributed by atoms with E-state index >= 15 is 0 Å². The number of ether oxygens (including phenoxy) is 3. The van der Waals surface area contributed by atoms with Crippen molar-refractivity contribution in [2.75, 3.05) is 0 Å². The van der Waals surface area contributed by atoms with Crippen LogP contribution in [0.1, 0.15) is 33.6 Å². The number of fused-ring (bicyclic) bond motifs is 1. The highest BCUT2D eigenvalue weighted by Crippen LogP contribution is 2.38. The third-order valence-electron chi connectivity index (χ3n) is 3.91. The number of rotatable bonds is 4. The minimum absolute atomic E-state index is 0.00140. The van der Waals surface area contributed by atoms with Crippen LogP contribution in [-0.2, 0) is 14.2 Å². The summed E-state index contributed by atoms with van der Waals surface area (Å²) < 4.78 is 19.6. The second-order valence-electron chi connectivity index (χ2n) is 6.25. The number of alkyl halides is 1. The Balaban J connectivity index is 2.18. The zero-order valence-corrected chi connectivity index (χ0v) is 18.8. The predicted octanol–water partition coefficient (Wildman–Crippen LogP) is 5.74. The molecule has 0 aromatic heterocycles. The molecular formula is C18H23Br3O3. The van der Waals surface area contributed by atoms with Gasteiger partial charge in [-0.3, -0.25) is 0 Å². The Morgan fingerprint density at radius 3 is 2.75 bits per heavy atom. The van der Waals surface area contributed by atoms with Crippen molar-refractivity contribution >= 4 is 47.8 Å². The molecule has 0 spiro atoms. The molecule has 0 aliphatic carbocycles. The number of hydrogen-bond donors (Lipinski definition) is 0. The average molecular weight is 527 g/mol. The fourth-order valence-corrected chi connectivity index (χ4v) is 3.91. The summed E-state index contributed by atoms with van der Waals surface area (Å²) in [5.41, 5.74) is 3.03. The lowest BCUT2D eigenvalue weighted by molar-refractivity contribution is -0.234. The molecule has 2 rings (SSSR count). The SMILES string of the molecule is CC/C(Br)=C\C=C\[C@@H]1OC(C)(C)O[C@H]2C[C@H](C=C=CBr)O[C@H]2[C@H]1Br. The molecule has 0 N–H and O–H groups in total. The first-order valence-corrected chi connectivity index (χ1v) is 10.7. The van der Waals surface area contributed by atoms with E-state index in [4.69, 9.17) is 14.2 Å². The molecule has 2 heterocycles. The third-order valence-corrected chi connectivity index (χ3v) is 6.04. The molecule has 2 saturated heterocycles. The van der Waals surface area contributed by atoms with Gasteiger partial charge in [-0.2, -0.15) is 0 Å². The van der Waals surface area contributed by atoms with Crippen LogP contribution in [0.3, 0.4) is 0 Å². The van der Waals surface area contributed by atoms with Crippen LogP contribution in [0.25, 0.3) is 0 Å². The summed E-state index contributed by atoms with van der Waals surface area (Å²) in [6, 6.07) is 0. The highest BCUT2D eigenvalue weighted by molar-refractivity contribution is 9.11. The molecule has 0 saturated carbocycles. The lowest BCUT2D eigenvalue weighted by atomic mass is 10.0. The van der Waals surface area contributed by atoms with Crippen molar-refractivity contribution in [2.45, 2.75) is 68.6 Å². The van der Waals surface area contributed by atoms with E-state index in [2.05, 4.69) is 66.5 Å². The summed E-state index contributed by atoms with van der Waals surface area (Å²) in [6.45, 7) is 6.01. The van der Waals surface area contributed by atoms with Crippen LogP contribution >= 0.6 is 47.8 Å². The van der Waals surface area contributed by atoms with Gasteiger partial charge in [-0.25, -0.2) is 0 Å². The Bertz CT molecular complexity index is 550. The lowest BCUT2D eigenvalue weighted by Gasteiger charge is -2.28. The Hall–Kier alpha value is 0.320. The number of allylic oxidation sites excluding steroid dienone is 3. The topological polar surface area (TPSA) is 27.7 Å². The summed E-state index contributed by atoms with van der Waals surface area (Å²) in [6.07, 6.45) is 9.57. The standard InChI is InChI=1S/C18H23Br3O3/c1-4-12(20)7-5-9-14-16(21)17-15(24-18(2,3)23-14)11-13(22-17)8-6-10-19/h5,7-10,13-17H,4,11H2,1-3H3/b9-5+,12-7+/t6?,13-,14-,15-,16-,17+/m0/s1. The van der Waals surface area contributed by atoms with E-state index in [0.717, 1.165) is 17.3 Å². The van der Waals surface area contributed by atoms with E-state index in [1.807, 2.05) is 32.1 Å². The van der Waals surface area contributed by atoms with Gasteiger partial charge in [0, 0.05) is 11.4 Å². The molecule has 2 aliphatic rings. The third kappa shape index (κ3) is 5.66. The van der Waals surface area contributed by atoms with Gasteiger partial charge in [0.15, 0.2) is 5.79 Å². The summed E-state index contributed by atoms with van der Waals surface area (Å²) >= 11 is 10.5. The van der Waals surface area contributed by atoms with Crippen molar-refractivity contribution < 1.29 is 14.2 Å². The molecule has 0 radical (unpaired) electrons. The van der Waals surface area contributed by atoms with Crippen LogP contribution < -0.4 is 0 Å². The van der Waals surface area contributed by atoms with Gasteiger partial charge in [0.2, 0.25) is 0 Å². The number of hydrogen-bond acceptors (Lipinski definition) is 3. The van der Waals surface area contributed by atoms with Crippen LogP contribution in [0.4, 0.5) is 0 Å². The van der Waals surface area contributed by atoms with Gasteiger partial charge in [0.05, 0.1) is 29.2 Å². The first-order chi connectivity index (χ1) is 11.4. The first kappa shape index (κ1) is 20.6. The second-order valence-corrected chi connectivity index (χ2v) is 8.79. The largest absolute Gasteiger partial charge is 0.366 e. The van der Waals surface area contributed by atoms with E-state index < -0.39 is 5.79 Å². The van der Waals surface area contributed by atoms with Crippen molar-refractivity contribution in [1.29, 1.82) is 0 Å². The molecule has 2 aliphatic heterocycles. The minimum Gasteiger partial charge on any atom is -0.366 e. The fourth-order valence-electron chi connectivity index (χ4n) is 2.86. The van der Waals surface area contributed by atoms with E-state index in [-0.39, 0.29) is 29.2 Å². The monoisotopic (exact) mass is 524 g/mol. The van der Waals surface area contributed by atoms with Gasteiger partial charge in [-0.15, -0.1) is 5.73 Å².